The first-order valence-electron chi connectivity index (χ1n) is 9.98. The highest BCUT2D eigenvalue weighted by molar-refractivity contribution is 7.88. The third-order valence-electron chi connectivity index (χ3n) is 4.74. The number of carbonyl (C=O) groups is 2. The van der Waals surface area contributed by atoms with Crippen LogP contribution in [0, 0.1) is 0 Å². The van der Waals surface area contributed by atoms with E-state index in [0.29, 0.717) is 24.9 Å². The Bertz CT molecular complexity index is 873. The van der Waals surface area contributed by atoms with Gasteiger partial charge in [-0.05, 0) is 24.8 Å². The van der Waals surface area contributed by atoms with Gasteiger partial charge in [-0.1, -0.05) is 30.3 Å². The number of aliphatic hydroxyl groups excluding tert-OH is 1. The van der Waals surface area contributed by atoms with Gasteiger partial charge in [-0.3, -0.25) is 14.6 Å². The van der Waals surface area contributed by atoms with Crippen LogP contribution in [0.25, 0.3) is 0 Å². The van der Waals surface area contributed by atoms with Gasteiger partial charge in [0.2, 0.25) is 21.8 Å². The average molecular weight is 455 g/mol. The zero-order valence-corrected chi connectivity index (χ0v) is 18.1. The number of benzene rings is 1. The molecule has 0 aromatic heterocycles. The lowest BCUT2D eigenvalue weighted by atomic mass is 10.1. The largest absolute Gasteiger partial charge is 0.394 e. The molecular formula is C19H30N6O5S. The first-order valence-corrected chi connectivity index (χ1v) is 11.6. The van der Waals surface area contributed by atoms with Gasteiger partial charge in [0.25, 0.3) is 0 Å². The molecule has 12 heteroatoms. The topological polar surface area (TPSA) is 180 Å². The summed E-state index contributed by atoms with van der Waals surface area (Å²) in [6.07, 6.45) is 1.31. The van der Waals surface area contributed by atoms with E-state index in [4.69, 9.17) is 11.5 Å². The van der Waals surface area contributed by atoms with Crippen LogP contribution in [0.3, 0.4) is 0 Å². The molecule has 0 unspecified atom stereocenters. The predicted octanol–water partition coefficient (Wildman–Crippen LogP) is -1.76. The van der Waals surface area contributed by atoms with Crippen molar-refractivity contribution in [3.05, 3.63) is 35.9 Å². The van der Waals surface area contributed by atoms with Crippen molar-refractivity contribution in [1.29, 1.82) is 0 Å². The molecule has 0 spiro atoms. The molecular weight excluding hydrogens is 424 g/mol. The molecule has 0 aliphatic carbocycles. The minimum atomic E-state index is -3.70. The van der Waals surface area contributed by atoms with Crippen molar-refractivity contribution in [3.63, 3.8) is 0 Å². The van der Waals surface area contributed by atoms with Gasteiger partial charge in [0.15, 0.2) is 5.96 Å². The number of aliphatic hydroxyl groups is 1. The molecule has 1 aromatic rings. The summed E-state index contributed by atoms with van der Waals surface area (Å²) in [5.74, 6) is -1.12. The summed E-state index contributed by atoms with van der Waals surface area (Å²) in [5, 5.41) is 12.1. The van der Waals surface area contributed by atoms with Crippen molar-refractivity contribution in [1.82, 2.24) is 14.9 Å². The smallest absolute Gasteiger partial charge is 0.241 e. The van der Waals surface area contributed by atoms with Gasteiger partial charge in [-0.25, -0.2) is 13.1 Å². The minimum absolute atomic E-state index is 0.0222. The van der Waals surface area contributed by atoms with Gasteiger partial charge in [0.1, 0.15) is 6.04 Å². The van der Waals surface area contributed by atoms with Crippen LogP contribution in [-0.4, -0.2) is 74.5 Å². The van der Waals surface area contributed by atoms with Crippen molar-refractivity contribution in [2.24, 2.45) is 16.5 Å². The number of carbonyl (C=O) groups excluding carboxylic acids is 2. The van der Waals surface area contributed by atoms with Gasteiger partial charge >= 0.3 is 0 Å². The minimum Gasteiger partial charge on any atom is -0.394 e. The van der Waals surface area contributed by atoms with Crippen LogP contribution >= 0.6 is 0 Å². The summed E-state index contributed by atoms with van der Waals surface area (Å²) in [6.45, 7) is 0.173. The second-order valence-electron chi connectivity index (χ2n) is 7.36. The van der Waals surface area contributed by atoms with Crippen LogP contribution in [0.5, 0.6) is 0 Å². The number of aliphatic imine (C=N–C) groups is 1. The Kier molecular flexibility index (Phi) is 9.21. The van der Waals surface area contributed by atoms with E-state index >= 15 is 0 Å². The molecule has 0 saturated carbocycles. The molecule has 31 heavy (non-hydrogen) atoms. The average Bonchev–Trinajstić information content (AvgIpc) is 3.03. The Morgan fingerprint density at radius 3 is 2.65 bits per heavy atom. The molecule has 0 radical (unpaired) electrons. The quantitative estimate of drug-likeness (QED) is 0.141. The molecule has 7 N–H and O–H groups in total. The predicted molar refractivity (Wildman–Crippen MR) is 116 cm³/mol. The van der Waals surface area contributed by atoms with E-state index in [1.54, 1.807) is 30.3 Å². The molecule has 2 rings (SSSR count). The Balaban J connectivity index is 1.81. The molecule has 1 aliphatic rings. The molecule has 1 fully saturated rings. The molecule has 1 heterocycles. The lowest BCUT2D eigenvalue weighted by Crippen LogP contribution is -2.46. The highest BCUT2D eigenvalue weighted by Crippen LogP contribution is 2.14. The van der Waals surface area contributed by atoms with Crippen molar-refractivity contribution in [3.8, 4) is 0 Å². The van der Waals surface area contributed by atoms with Crippen LogP contribution < -0.4 is 21.5 Å². The standard InChI is InChI=1S/C19H30N6O5S/c20-19(21)22-9-4-7-15(12-26)23-17(27)11-25-10-8-16(18(25)28)24-31(29,30)13-14-5-2-1-3-6-14/h1-3,5-6,15-16,24,26H,4,7-13H2,(H,23,27)(H4,20,21,22)/t15-,16-/m0/s1. The third-order valence-corrected chi connectivity index (χ3v) is 6.10. The monoisotopic (exact) mass is 454 g/mol. The fourth-order valence-electron chi connectivity index (χ4n) is 3.26. The Labute approximate surface area is 181 Å². The van der Waals surface area contributed by atoms with Crippen LogP contribution in [0.1, 0.15) is 24.8 Å². The fourth-order valence-corrected chi connectivity index (χ4v) is 4.63. The highest BCUT2D eigenvalue weighted by atomic mass is 32.2. The van der Waals surface area contributed by atoms with Gasteiger partial charge in [-0.2, -0.15) is 0 Å². The molecule has 0 bridgehead atoms. The number of hydrogen-bond acceptors (Lipinski definition) is 6. The number of guanidine groups is 1. The Hall–Kier alpha value is -2.70. The van der Waals surface area contributed by atoms with E-state index < -0.39 is 33.9 Å². The number of nitrogens with zero attached hydrogens (tertiary/aromatic N) is 2. The zero-order chi connectivity index (χ0) is 22.9. The first-order chi connectivity index (χ1) is 14.7. The van der Waals surface area contributed by atoms with Crippen LogP contribution in [0.4, 0.5) is 0 Å². The third kappa shape index (κ3) is 8.52. The van der Waals surface area contributed by atoms with Crippen LogP contribution in [-0.2, 0) is 25.4 Å². The van der Waals surface area contributed by atoms with E-state index in [0.717, 1.165) is 0 Å². The fraction of sp³-hybridized carbons (Fsp3) is 0.526. The molecule has 172 valence electrons. The summed E-state index contributed by atoms with van der Waals surface area (Å²) in [4.78, 5) is 29.9. The Morgan fingerprint density at radius 1 is 1.29 bits per heavy atom. The summed E-state index contributed by atoms with van der Waals surface area (Å²) in [5.41, 5.74) is 11.1. The molecule has 2 amide bonds. The van der Waals surface area contributed by atoms with Gasteiger partial charge < -0.3 is 26.8 Å². The number of likely N-dealkylation sites (tertiary alicyclic amines) is 1. The van der Waals surface area contributed by atoms with Gasteiger partial charge in [-0.15, -0.1) is 0 Å². The lowest BCUT2D eigenvalue weighted by molar-refractivity contribution is -0.134. The number of nitrogens with two attached hydrogens (primary N) is 2. The normalized spacial score (nSPS) is 17.4. The highest BCUT2D eigenvalue weighted by Gasteiger charge is 2.35. The van der Waals surface area contributed by atoms with Crippen molar-refractivity contribution >= 4 is 27.8 Å². The molecule has 11 nitrogen and oxygen atoms in total. The van der Waals surface area contributed by atoms with Crippen molar-refractivity contribution in [2.45, 2.75) is 37.1 Å². The van der Waals surface area contributed by atoms with Gasteiger partial charge in [0, 0.05) is 13.1 Å². The maximum atomic E-state index is 12.5. The number of nitrogens with one attached hydrogen (secondary N) is 2. The molecule has 1 aliphatic heterocycles. The van der Waals surface area contributed by atoms with Crippen molar-refractivity contribution in [2.75, 3.05) is 26.2 Å². The summed E-state index contributed by atoms with van der Waals surface area (Å²) in [7, 11) is -3.70. The number of rotatable bonds is 12. The summed E-state index contributed by atoms with van der Waals surface area (Å²) >= 11 is 0. The number of hydrogen-bond donors (Lipinski definition) is 5. The van der Waals surface area contributed by atoms with Crippen LogP contribution in [0.2, 0.25) is 0 Å². The second kappa shape index (κ2) is 11.6. The second-order valence-corrected chi connectivity index (χ2v) is 9.11. The molecule has 2 atom stereocenters. The van der Waals surface area contributed by atoms with E-state index in [2.05, 4.69) is 15.0 Å². The van der Waals surface area contributed by atoms with E-state index in [1.807, 2.05) is 0 Å². The Morgan fingerprint density at radius 2 is 2.00 bits per heavy atom. The van der Waals surface area contributed by atoms with Crippen molar-refractivity contribution < 1.29 is 23.1 Å². The number of sulfonamides is 1. The maximum Gasteiger partial charge on any atom is 0.241 e. The van der Waals surface area contributed by atoms with Gasteiger partial charge in [0.05, 0.1) is 24.9 Å². The molecule has 1 aromatic carbocycles. The summed E-state index contributed by atoms with van der Waals surface area (Å²) in [6, 6.07) is 7.29. The van der Waals surface area contributed by atoms with E-state index in [9.17, 15) is 23.1 Å². The van der Waals surface area contributed by atoms with E-state index in [1.165, 1.54) is 4.90 Å². The van der Waals surface area contributed by atoms with Crippen LogP contribution in [0.15, 0.2) is 35.3 Å². The molecule has 1 saturated heterocycles. The maximum absolute atomic E-state index is 12.5. The number of amides is 2. The lowest BCUT2D eigenvalue weighted by Gasteiger charge is -2.20. The first kappa shape index (κ1) is 24.6. The van der Waals surface area contributed by atoms with E-state index in [-0.39, 0.29) is 37.8 Å². The zero-order valence-electron chi connectivity index (χ0n) is 17.2. The summed E-state index contributed by atoms with van der Waals surface area (Å²) < 4.78 is 27.2. The SMILES string of the molecule is NC(N)=NCCC[C@@H](CO)NC(=O)CN1CC[C@H](NS(=O)(=O)Cc2ccccc2)C1=O.